The van der Waals surface area contributed by atoms with Gasteiger partial charge in [0.25, 0.3) is 0 Å². The first-order valence-electron chi connectivity index (χ1n) is 7.40. The van der Waals surface area contributed by atoms with Gasteiger partial charge >= 0.3 is 0 Å². The minimum Gasteiger partial charge on any atom is -0.337 e. The van der Waals surface area contributed by atoms with Gasteiger partial charge in [0.1, 0.15) is 5.54 Å². The van der Waals surface area contributed by atoms with Crippen molar-refractivity contribution in [3.63, 3.8) is 0 Å². The number of aromatic nitrogens is 2. The molecule has 120 valence electrons. The number of hydrogen-bond acceptors (Lipinski definition) is 4. The summed E-state index contributed by atoms with van der Waals surface area (Å²) in [5.41, 5.74) is 1.03. The molecule has 2 aromatic rings. The lowest BCUT2D eigenvalue weighted by Gasteiger charge is -2.22. The molecule has 0 spiro atoms. The van der Waals surface area contributed by atoms with E-state index in [4.69, 9.17) is 11.6 Å². The molecular formula is C16H17ClN4OS. The van der Waals surface area contributed by atoms with E-state index in [9.17, 15) is 10.1 Å². The lowest BCUT2D eigenvalue weighted by Crippen LogP contribution is -2.47. The third-order valence-electron chi connectivity index (χ3n) is 4.16. The van der Waals surface area contributed by atoms with E-state index in [1.54, 1.807) is 13.0 Å². The van der Waals surface area contributed by atoms with E-state index < -0.39 is 5.54 Å². The normalized spacial score (nSPS) is 16.8. The molecule has 1 amide bonds. The lowest BCUT2D eigenvalue weighted by molar-refractivity contribution is -0.119. The number of nitrogens with zero attached hydrogens (tertiary/aromatic N) is 3. The Morgan fingerprint density at radius 1 is 1.61 bits per heavy atom. The highest BCUT2D eigenvalue weighted by molar-refractivity contribution is 7.99. The smallest absolute Gasteiger partial charge is 0.231 e. The zero-order valence-electron chi connectivity index (χ0n) is 13.0. The van der Waals surface area contributed by atoms with Gasteiger partial charge < -0.3 is 9.88 Å². The Kier molecular flexibility index (Phi) is 4.26. The molecule has 5 nitrogen and oxygen atoms in total. The Morgan fingerprint density at radius 2 is 2.35 bits per heavy atom. The topological polar surface area (TPSA) is 70.7 Å². The summed E-state index contributed by atoms with van der Waals surface area (Å²) in [5, 5.41) is 13.5. The largest absolute Gasteiger partial charge is 0.337 e. The van der Waals surface area contributed by atoms with Crippen LogP contribution in [0.2, 0.25) is 5.02 Å². The van der Waals surface area contributed by atoms with Crippen LogP contribution in [0, 0.1) is 17.2 Å². The third kappa shape index (κ3) is 3.31. The molecule has 1 aromatic carbocycles. The minimum atomic E-state index is -0.752. The number of hydrogen-bond donors (Lipinski definition) is 1. The van der Waals surface area contributed by atoms with Crippen LogP contribution in [0.15, 0.2) is 23.4 Å². The lowest BCUT2D eigenvalue weighted by atomic mass is 9.98. The van der Waals surface area contributed by atoms with Gasteiger partial charge in [-0.3, -0.25) is 4.79 Å². The predicted octanol–water partition coefficient (Wildman–Crippen LogP) is 3.13. The van der Waals surface area contributed by atoms with Crippen LogP contribution in [0.25, 0.3) is 11.0 Å². The molecule has 1 aliphatic carbocycles. The first-order valence-corrected chi connectivity index (χ1v) is 8.76. The molecule has 1 N–H and O–H groups in total. The van der Waals surface area contributed by atoms with Gasteiger partial charge in [-0.15, -0.1) is 0 Å². The maximum atomic E-state index is 12.2. The molecule has 3 rings (SSSR count). The van der Waals surface area contributed by atoms with Gasteiger partial charge in [0.05, 0.1) is 22.9 Å². The number of rotatable bonds is 5. The minimum absolute atomic E-state index is 0.143. The quantitative estimate of drug-likeness (QED) is 0.843. The number of imidazole rings is 1. The van der Waals surface area contributed by atoms with Gasteiger partial charge in [-0.05, 0) is 43.9 Å². The summed E-state index contributed by atoms with van der Waals surface area (Å²) in [5.74, 6) is 0.366. The summed E-state index contributed by atoms with van der Waals surface area (Å²) in [6.07, 6.45) is 2.01. The molecule has 1 atom stereocenters. The highest BCUT2D eigenvalue weighted by atomic mass is 35.5. The fraction of sp³-hybridized carbons (Fsp3) is 0.438. The first-order chi connectivity index (χ1) is 10.9. The van der Waals surface area contributed by atoms with E-state index in [0.29, 0.717) is 5.02 Å². The molecule has 7 heteroatoms. The van der Waals surface area contributed by atoms with Crippen molar-refractivity contribution in [3.05, 3.63) is 23.2 Å². The van der Waals surface area contributed by atoms with Crippen LogP contribution in [0.3, 0.4) is 0 Å². The van der Waals surface area contributed by atoms with Gasteiger partial charge in [-0.2, -0.15) is 5.26 Å². The van der Waals surface area contributed by atoms with Gasteiger partial charge in [0, 0.05) is 12.1 Å². The Bertz CT molecular complexity index is 808. The van der Waals surface area contributed by atoms with Crippen LogP contribution in [0.1, 0.15) is 19.8 Å². The highest BCUT2D eigenvalue weighted by Crippen LogP contribution is 2.39. The third-order valence-corrected chi connectivity index (χ3v) is 5.42. The number of carbonyl (C=O) groups is 1. The van der Waals surface area contributed by atoms with Gasteiger partial charge in [-0.1, -0.05) is 23.4 Å². The van der Waals surface area contributed by atoms with Gasteiger partial charge in [-0.25, -0.2) is 4.98 Å². The summed E-state index contributed by atoms with van der Waals surface area (Å²) in [6.45, 7) is 1.80. The number of benzene rings is 1. The summed E-state index contributed by atoms with van der Waals surface area (Å²) in [6, 6.07) is 7.77. The van der Waals surface area contributed by atoms with Crippen LogP contribution in [-0.2, 0) is 11.8 Å². The summed E-state index contributed by atoms with van der Waals surface area (Å²) in [4.78, 5) is 16.7. The molecule has 23 heavy (non-hydrogen) atoms. The van der Waals surface area contributed by atoms with E-state index in [0.717, 1.165) is 29.0 Å². The average Bonchev–Trinajstić information content (AvgIpc) is 3.32. The molecule has 1 fully saturated rings. The van der Waals surface area contributed by atoms with Crippen LogP contribution in [0.4, 0.5) is 0 Å². The number of fused-ring (bicyclic) bond motifs is 1. The molecule has 0 saturated heterocycles. The van der Waals surface area contributed by atoms with Crippen molar-refractivity contribution in [2.45, 2.75) is 30.5 Å². The van der Waals surface area contributed by atoms with Crippen molar-refractivity contribution in [3.8, 4) is 6.07 Å². The second kappa shape index (κ2) is 6.06. The molecule has 0 aliphatic heterocycles. The second-order valence-electron chi connectivity index (χ2n) is 6.01. The molecular weight excluding hydrogens is 332 g/mol. The van der Waals surface area contributed by atoms with Crippen molar-refractivity contribution in [1.82, 2.24) is 14.9 Å². The maximum Gasteiger partial charge on any atom is 0.231 e. The van der Waals surface area contributed by atoms with Crippen LogP contribution in [-0.4, -0.2) is 26.8 Å². The monoisotopic (exact) mass is 348 g/mol. The van der Waals surface area contributed by atoms with Gasteiger partial charge in [0.2, 0.25) is 5.91 Å². The Labute approximate surface area is 144 Å². The number of nitrogens with one attached hydrogen (secondary N) is 1. The van der Waals surface area contributed by atoms with E-state index >= 15 is 0 Å². The molecule has 0 radical (unpaired) electrons. The highest BCUT2D eigenvalue weighted by Gasteiger charge is 2.42. The van der Waals surface area contributed by atoms with Crippen molar-refractivity contribution in [1.29, 1.82) is 5.26 Å². The molecule has 0 bridgehead atoms. The number of amides is 1. The fourth-order valence-corrected chi connectivity index (χ4v) is 3.57. The summed E-state index contributed by atoms with van der Waals surface area (Å²) >= 11 is 7.34. The Balaban J connectivity index is 1.67. The van der Waals surface area contributed by atoms with E-state index in [-0.39, 0.29) is 17.6 Å². The second-order valence-corrected chi connectivity index (χ2v) is 7.39. The molecule has 1 saturated carbocycles. The number of nitriles is 1. The summed E-state index contributed by atoms with van der Waals surface area (Å²) in [7, 11) is 1.91. The molecule has 1 aromatic heterocycles. The number of carbonyl (C=O) groups excluding carboxylic acids is 1. The SMILES string of the molecule is Cn1c(SCC(=O)NC(C)(C#N)C2CC2)nc2cc(Cl)ccc21. The standard InChI is InChI=1S/C16H17ClN4OS/c1-16(9-18,10-3-4-10)20-14(22)8-23-15-19-12-7-11(17)5-6-13(12)21(15)2/h5-7,10H,3-4,8H2,1-2H3,(H,20,22). The Morgan fingerprint density at radius 3 is 3.00 bits per heavy atom. The molecule has 1 aliphatic rings. The van der Waals surface area contributed by atoms with Crippen molar-refractivity contribution < 1.29 is 4.79 Å². The molecule has 1 heterocycles. The van der Waals surface area contributed by atoms with Crippen molar-refractivity contribution in [2.24, 2.45) is 13.0 Å². The van der Waals surface area contributed by atoms with Crippen LogP contribution < -0.4 is 5.32 Å². The predicted molar refractivity (Wildman–Crippen MR) is 91.3 cm³/mol. The molecule has 1 unspecified atom stereocenters. The summed E-state index contributed by atoms with van der Waals surface area (Å²) < 4.78 is 1.94. The van der Waals surface area contributed by atoms with Crippen LogP contribution >= 0.6 is 23.4 Å². The van der Waals surface area contributed by atoms with Crippen molar-refractivity contribution in [2.75, 3.05) is 5.75 Å². The fourth-order valence-electron chi connectivity index (χ4n) is 2.62. The maximum absolute atomic E-state index is 12.2. The zero-order valence-corrected chi connectivity index (χ0v) is 14.5. The zero-order chi connectivity index (χ0) is 16.6. The number of aryl methyl sites for hydroxylation is 1. The number of thioether (sulfide) groups is 1. The van der Waals surface area contributed by atoms with Gasteiger partial charge in [0.15, 0.2) is 5.16 Å². The van der Waals surface area contributed by atoms with E-state index in [1.165, 1.54) is 11.8 Å². The van der Waals surface area contributed by atoms with E-state index in [1.807, 2.05) is 23.7 Å². The first kappa shape index (κ1) is 16.2. The number of halogens is 1. The van der Waals surface area contributed by atoms with Crippen LogP contribution in [0.5, 0.6) is 0 Å². The van der Waals surface area contributed by atoms with Crippen molar-refractivity contribution >= 4 is 40.3 Å². The Hall–Kier alpha value is -1.71. The average molecular weight is 349 g/mol. The van der Waals surface area contributed by atoms with E-state index in [2.05, 4.69) is 16.4 Å².